The SMILES string of the molecule is CN(C)c1cc(N)ccc1C(N)=O. The van der Waals surface area contributed by atoms with Crippen LogP contribution in [0, 0.1) is 0 Å². The van der Waals surface area contributed by atoms with Gasteiger partial charge in [-0.2, -0.15) is 0 Å². The normalized spacial score (nSPS) is 9.69. The van der Waals surface area contributed by atoms with Crippen molar-refractivity contribution >= 4 is 17.3 Å². The van der Waals surface area contributed by atoms with E-state index in [1.54, 1.807) is 23.1 Å². The van der Waals surface area contributed by atoms with Crippen LogP contribution in [0.3, 0.4) is 0 Å². The van der Waals surface area contributed by atoms with E-state index in [4.69, 9.17) is 11.5 Å². The van der Waals surface area contributed by atoms with Crippen molar-refractivity contribution in [2.45, 2.75) is 0 Å². The van der Waals surface area contributed by atoms with E-state index in [1.165, 1.54) is 0 Å². The standard InChI is InChI=1S/C9H13N3O/c1-12(2)8-5-6(10)3-4-7(8)9(11)13/h3-5H,10H2,1-2H3,(H2,11,13). The molecule has 0 saturated carbocycles. The first-order valence-electron chi connectivity index (χ1n) is 3.89. The van der Waals surface area contributed by atoms with Gasteiger partial charge in [-0.3, -0.25) is 4.79 Å². The molecule has 0 heterocycles. The molecule has 0 atom stereocenters. The number of hydrogen-bond donors (Lipinski definition) is 2. The monoisotopic (exact) mass is 179 g/mol. The van der Waals surface area contributed by atoms with Gasteiger partial charge in [-0.25, -0.2) is 0 Å². The zero-order chi connectivity index (χ0) is 10.0. The lowest BCUT2D eigenvalue weighted by Crippen LogP contribution is -2.18. The molecule has 4 nitrogen and oxygen atoms in total. The Bertz CT molecular complexity index is 334. The summed E-state index contributed by atoms with van der Waals surface area (Å²) >= 11 is 0. The first-order chi connectivity index (χ1) is 6.02. The Morgan fingerprint density at radius 3 is 2.46 bits per heavy atom. The first-order valence-corrected chi connectivity index (χ1v) is 3.89. The fourth-order valence-electron chi connectivity index (χ4n) is 1.13. The lowest BCUT2D eigenvalue weighted by molar-refractivity contribution is 0.100. The number of nitrogens with zero attached hydrogens (tertiary/aromatic N) is 1. The Balaban J connectivity index is 3.26. The molecule has 1 rings (SSSR count). The van der Waals surface area contributed by atoms with Crippen molar-refractivity contribution in [1.29, 1.82) is 0 Å². The summed E-state index contributed by atoms with van der Waals surface area (Å²) in [6, 6.07) is 5.01. The van der Waals surface area contributed by atoms with Gasteiger partial charge in [0, 0.05) is 19.8 Å². The summed E-state index contributed by atoms with van der Waals surface area (Å²) in [5.74, 6) is -0.441. The average molecular weight is 179 g/mol. The van der Waals surface area contributed by atoms with E-state index >= 15 is 0 Å². The molecule has 0 aliphatic carbocycles. The first kappa shape index (κ1) is 9.38. The highest BCUT2D eigenvalue weighted by Gasteiger charge is 2.09. The fourth-order valence-corrected chi connectivity index (χ4v) is 1.13. The molecule has 0 aromatic heterocycles. The van der Waals surface area contributed by atoms with E-state index in [2.05, 4.69) is 0 Å². The van der Waals surface area contributed by atoms with Crippen LogP contribution in [-0.2, 0) is 0 Å². The molecule has 0 aliphatic heterocycles. The van der Waals surface area contributed by atoms with Crippen molar-refractivity contribution in [3.05, 3.63) is 23.8 Å². The van der Waals surface area contributed by atoms with E-state index in [9.17, 15) is 4.79 Å². The van der Waals surface area contributed by atoms with E-state index in [0.29, 0.717) is 11.3 Å². The minimum Gasteiger partial charge on any atom is -0.399 e. The lowest BCUT2D eigenvalue weighted by Gasteiger charge is -2.16. The van der Waals surface area contributed by atoms with Gasteiger partial charge in [-0.05, 0) is 18.2 Å². The predicted octanol–water partition coefficient (Wildman–Crippen LogP) is 0.434. The van der Waals surface area contributed by atoms with Crippen LogP contribution >= 0.6 is 0 Å². The van der Waals surface area contributed by atoms with Gasteiger partial charge in [0.05, 0.1) is 11.3 Å². The number of benzene rings is 1. The van der Waals surface area contributed by atoms with Crippen LogP contribution in [0.2, 0.25) is 0 Å². The summed E-state index contributed by atoms with van der Waals surface area (Å²) in [7, 11) is 3.67. The van der Waals surface area contributed by atoms with E-state index < -0.39 is 5.91 Å². The molecule has 0 aliphatic rings. The number of nitrogen functional groups attached to an aromatic ring is 1. The molecule has 70 valence electrons. The van der Waals surface area contributed by atoms with Gasteiger partial charge in [0.25, 0.3) is 5.91 Å². The molecular weight excluding hydrogens is 166 g/mol. The van der Waals surface area contributed by atoms with Crippen LogP contribution in [0.4, 0.5) is 11.4 Å². The summed E-state index contributed by atoms with van der Waals surface area (Å²) in [6.07, 6.45) is 0. The smallest absolute Gasteiger partial charge is 0.250 e. The second-order valence-corrected chi connectivity index (χ2v) is 3.04. The van der Waals surface area contributed by atoms with Crippen LogP contribution < -0.4 is 16.4 Å². The Kier molecular flexibility index (Phi) is 2.41. The summed E-state index contributed by atoms with van der Waals surface area (Å²) in [5, 5.41) is 0. The number of primary amides is 1. The topological polar surface area (TPSA) is 72.3 Å². The molecule has 1 aromatic carbocycles. The van der Waals surface area contributed by atoms with Gasteiger partial charge in [0.1, 0.15) is 0 Å². The van der Waals surface area contributed by atoms with Crippen LogP contribution in [0.15, 0.2) is 18.2 Å². The average Bonchev–Trinajstić information content (AvgIpc) is 2.03. The van der Waals surface area contributed by atoms with Gasteiger partial charge in [0.15, 0.2) is 0 Å². The van der Waals surface area contributed by atoms with Crippen molar-refractivity contribution in [2.24, 2.45) is 5.73 Å². The number of anilines is 2. The van der Waals surface area contributed by atoms with Gasteiger partial charge >= 0.3 is 0 Å². The second kappa shape index (κ2) is 3.35. The molecule has 0 bridgehead atoms. The minimum absolute atomic E-state index is 0.441. The van der Waals surface area contributed by atoms with Gasteiger partial charge < -0.3 is 16.4 Å². The van der Waals surface area contributed by atoms with Crippen LogP contribution in [-0.4, -0.2) is 20.0 Å². The quantitative estimate of drug-likeness (QED) is 0.647. The number of hydrogen-bond acceptors (Lipinski definition) is 3. The molecule has 4 N–H and O–H groups in total. The van der Waals surface area contributed by atoms with Crippen molar-refractivity contribution in [3.8, 4) is 0 Å². The van der Waals surface area contributed by atoms with Crippen LogP contribution in [0.1, 0.15) is 10.4 Å². The third-order valence-corrected chi connectivity index (χ3v) is 1.77. The third-order valence-electron chi connectivity index (χ3n) is 1.77. The van der Waals surface area contributed by atoms with E-state index in [0.717, 1.165) is 5.69 Å². The zero-order valence-electron chi connectivity index (χ0n) is 7.74. The van der Waals surface area contributed by atoms with Gasteiger partial charge in [-0.15, -0.1) is 0 Å². The summed E-state index contributed by atoms with van der Waals surface area (Å²) < 4.78 is 0. The van der Waals surface area contributed by atoms with E-state index in [1.807, 2.05) is 14.1 Å². The molecule has 0 spiro atoms. The summed E-state index contributed by atoms with van der Waals surface area (Å²) in [4.78, 5) is 12.8. The Hall–Kier alpha value is -1.71. The molecule has 0 radical (unpaired) electrons. The highest BCUT2D eigenvalue weighted by molar-refractivity contribution is 5.99. The summed E-state index contributed by atoms with van der Waals surface area (Å²) in [5.41, 5.74) is 12.6. The summed E-state index contributed by atoms with van der Waals surface area (Å²) in [6.45, 7) is 0. The van der Waals surface area contributed by atoms with Gasteiger partial charge in [-0.1, -0.05) is 0 Å². The fraction of sp³-hybridized carbons (Fsp3) is 0.222. The number of rotatable bonds is 2. The highest BCUT2D eigenvalue weighted by atomic mass is 16.1. The molecule has 0 saturated heterocycles. The maximum absolute atomic E-state index is 11.0. The van der Waals surface area contributed by atoms with Crippen LogP contribution in [0.25, 0.3) is 0 Å². The van der Waals surface area contributed by atoms with Crippen molar-refractivity contribution < 1.29 is 4.79 Å². The van der Waals surface area contributed by atoms with Gasteiger partial charge in [0.2, 0.25) is 0 Å². The third kappa shape index (κ3) is 1.90. The number of amides is 1. The number of nitrogens with two attached hydrogens (primary N) is 2. The number of carbonyl (C=O) groups is 1. The molecule has 0 fully saturated rings. The Morgan fingerprint density at radius 2 is 2.00 bits per heavy atom. The maximum atomic E-state index is 11.0. The zero-order valence-corrected chi connectivity index (χ0v) is 7.74. The molecule has 0 unspecified atom stereocenters. The second-order valence-electron chi connectivity index (χ2n) is 3.04. The molecule has 1 aromatic rings. The highest BCUT2D eigenvalue weighted by Crippen LogP contribution is 2.20. The molecule has 1 amide bonds. The lowest BCUT2D eigenvalue weighted by atomic mass is 10.1. The van der Waals surface area contributed by atoms with Crippen molar-refractivity contribution in [2.75, 3.05) is 24.7 Å². The number of carbonyl (C=O) groups excluding carboxylic acids is 1. The Morgan fingerprint density at radius 1 is 1.38 bits per heavy atom. The minimum atomic E-state index is -0.441. The van der Waals surface area contributed by atoms with Crippen molar-refractivity contribution in [3.63, 3.8) is 0 Å². The maximum Gasteiger partial charge on any atom is 0.250 e. The molecular formula is C9H13N3O. The predicted molar refractivity (Wildman–Crippen MR) is 53.7 cm³/mol. The van der Waals surface area contributed by atoms with Crippen molar-refractivity contribution in [1.82, 2.24) is 0 Å². The Labute approximate surface area is 77.1 Å². The largest absolute Gasteiger partial charge is 0.399 e. The molecule has 4 heteroatoms. The van der Waals surface area contributed by atoms with Crippen LogP contribution in [0.5, 0.6) is 0 Å². The molecule has 13 heavy (non-hydrogen) atoms. The van der Waals surface area contributed by atoms with E-state index in [-0.39, 0.29) is 0 Å².